The number of nitrogens with two attached hydrogens (primary N) is 1. The van der Waals surface area contributed by atoms with Crippen molar-refractivity contribution in [1.29, 1.82) is 5.26 Å². The number of anilines is 1. The maximum atomic E-state index is 11.2. The molecule has 1 amide bonds. The van der Waals surface area contributed by atoms with Crippen LogP contribution in [0.15, 0.2) is 35.1 Å². The topological polar surface area (TPSA) is 105 Å². The summed E-state index contributed by atoms with van der Waals surface area (Å²) in [6, 6.07) is 7.27. The molecule has 0 aliphatic carbocycles. The zero-order chi connectivity index (χ0) is 18.5. The number of rotatable bonds is 5. The molecule has 0 unspecified atom stereocenters. The fourth-order valence-electron chi connectivity index (χ4n) is 2.93. The summed E-state index contributed by atoms with van der Waals surface area (Å²) >= 11 is 3.35. The van der Waals surface area contributed by atoms with Crippen LogP contribution in [0.4, 0.5) is 5.82 Å². The van der Waals surface area contributed by atoms with Gasteiger partial charge in [0.25, 0.3) is 5.91 Å². The molecule has 2 aromatic rings. The van der Waals surface area contributed by atoms with E-state index in [1.807, 2.05) is 0 Å². The van der Waals surface area contributed by atoms with Crippen LogP contribution < -0.4 is 15.4 Å². The monoisotopic (exact) mass is 415 g/mol. The van der Waals surface area contributed by atoms with Crippen LogP contribution in [-0.4, -0.2) is 35.6 Å². The lowest BCUT2D eigenvalue weighted by molar-refractivity contribution is 0.0995. The molecule has 3 heterocycles. The van der Waals surface area contributed by atoms with Crippen molar-refractivity contribution >= 4 is 27.7 Å². The van der Waals surface area contributed by atoms with Gasteiger partial charge in [-0.2, -0.15) is 5.26 Å². The van der Waals surface area contributed by atoms with Gasteiger partial charge in [-0.25, -0.2) is 4.98 Å². The minimum Gasteiger partial charge on any atom is -0.493 e. The largest absolute Gasteiger partial charge is 0.493 e. The van der Waals surface area contributed by atoms with Crippen molar-refractivity contribution in [1.82, 2.24) is 9.97 Å². The molecular weight excluding hydrogens is 398 g/mol. The summed E-state index contributed by atoms with van der Waals surface area (Å²) in [5, 5.41) is 9.30. The van der Waals surface area contributed by atoms with Gasteiger partial charge in [0, 0.05) is 36.0 Å². The quantitative estimate of drug-likeness (QED) is 0.803. The van der Waals surface area contributed by atoms with Gasteiger partial charge in [-0.15, -0.1) is 0 Å². The Morgan fingerprint density at radius 3 is 2.85 bits per heavy atom. The molecule has 0 aromatic carbocycles. The predicted molar refractivity (Wildman–Crippen MR) is 99.8 cm³/mol. The van der Waals surface area contributed by atoms with Crippen LogP contribution in [0, 0.1) is 17.2 Å². The Hall–Kier alpha value is -2.66. The van der Waals surface area contributed by atoms with Crippen LogP contribution in [0.5, 0.6) is 5.75 Å². The van der Waals surface area contributed by atoms with Crippen LogP contribution >= 0.6 is 15.9 Å². The fraction of sp³-hybridized carbons (Fsp3) is 0.333. The molecule has 1 aliphatic heterocycles. The second-order valence-electron chi connectivity index (χ2n) is 6.12. The van der Waals surface area contributed by atoms with Crippen LogP contribution in [0.25, 0.3) is 0 Å². The Bertz CT molecular complexity index is 844. The number of amides is 1. The molecule has 1 saturated heterocycles. The van der Waals surface area contributed by atoms with Crippen LogP contribution in [0.3, 0.4) is 0 Å². The van der Waals surface area contributed by atoms with Crippen molar-refractivity contribution in [2.45, 2.75) is 12.8 Å². The Kier molecular flexibility index (Phi) is 5.68. The number of hydrogen-bond acceptors (Lipinski definition) is 6. The average Bonchev–Trinajstić information content (AvgIpc) is 2.67. The molecule has 0 atom stereocenters. The van der Waals surface area contributed by atoms with Gasteiger partial charge in [-0.05, 0) is 46.8 Å². The highest BCUT2D eigenvalue weighted by Gasteiger charge is 2.22. The molecule has 7 nitrogen and oxygen atoms in total. The molecule has 26 heavy (non-hydrogen) atoms. The molecule has 2 aromatic heterocycles. The van der Waals surface area contributed by atoms with Gasteiger partial charge in [0.15, 0.2) is 0 Å². The zero-order valence-corrected chi connectivity index (χ0v) is 15.6. The lowest BCUT2D eigenvalue weighted by Crippen LogP contribution is -2.36. The number of primary amides is 1. The Balaban J connectivity index is 1.55. The van der Waals surface area contributed by atoms with Gasteiger partial charge >= 0.3 is 0 Å². The van der Waals surface area contributed by atoms with Crippen LogP contribution in [-0.2, 0) is 0 Å². The first-order valence-corrected chi connectivity index (χ1v) is 9.05. The van der Waals surface area contributed by atoms with Crippen molar-refractivity contribution in [3.8, 4) is 11.8 Å². The lowest BCUT2D eigenvalue weighted by Gasteiger charge is -2.33. The summed E-state index contributed by atoms with van der Waals surface area (Å²) in [6.45, 7) is 2.20. The van der Waals surface area contributed by atoms with E-state index in [4.69, 9.17) is 10.5 Å². The number of carbonyl (C=O) groups excluding carboxylic acids is 1. The number of nitrogens with zero attached hydrogens (tertiary/aromatic N) is 4. The number of ether oxygens (including phenoxy) is 1. The second kappa shape index (κ2) is 8.15. The summed E-state index contributed by atoms with van der Waals surface area (Å²) < 4.78 is 6.60. The number of carbonyl (C=O) groups is 1. The summed E-state index contributed by atoms with van der Waals surface area (Å²) in [5.74, 6) is 1.16. The van der Waals surface area contributed by atoms with Crippen molar-refractivity contribution in [2.75, 3.05) is 24.6 Å². The van der Waals surface area contributed by atoms with E-state index in [9.17, 15) is 10.1 Å². The Morgan fingerprint density at radius 1 is 1.38 bits per heavy atom. The summed E-state index contributed by atoms with van der Waals surface area (Å²) in [5.41, 5.74) is 6.00. The second-order valence-corrected chi connectivity index (χ2v) is 7.03. The van der Waals surface area contributed by atoms with E-state index in [-0.39, 0.29) is 5.69 Å². The van der Waals surface area contributed by atoms with Gasteiger partial charge < -0.3 is 15.4 Å². The first-order chi connectivity index (χ1) is 12.6. The number of nitriles is 1. The predicted octanol–water partition coefficient (Wildman–Crippen LogP) is 2.51. The third-order valence-corrected chi connectivity index (χ3v) is 4.77. The minimum atomic E-state index is -0.570. The van der Waals surface area contributed by atoms with E-state index < -0.39 is 5.91 Å². The maximum absolute atomic E-state index is 11.2. The van der Waals surface area contributed by atoms with Crippen LogP contribution in [0.2, 0.25) is 0 Å². The van der Waals surface area contributed by atoms with Gasteiger partial charge in [0.1, 0.15) is 23.3 Å². The van der Waals surface area contributed by atoms with Crippen molar-refractivity contribution in [2.24, 2.45) is 11.7 Å². The highest BCUT2D eigenvalue weighted by molar-refractivity contribution is 9.10. The van der Waals surface area contributed by atoms with Crippen molar-refractivity contribution in [3.63, 3.8) is 0 Å². The molecular formula is C18H18BrN5O2. The molecule has 2 N–H and O–H groups in total. The average molecular weight is 416 g/mol. The number of aromatic nitrogens is 2. The molecule has 3 rings (SSSR count). The Morgan fingerprint density at radius 2 is 2.15 bits per heavy atom. The third kappa shape index (κ3) is 4.29. The first-order valence-electron chi connectivity index (χ1n) is 8.26. The van der Waals surface area contributed by atoms with E-state index in [0.29, 0.717) is 23.8 Å². The van der Waals surface area contributed by atoms with E-state index in [2.05, 4.69) is 36.9 Å². The zero-order valence-electron chi connectivity index (χ0n) is 14.1. The molecule has 8 heteroatoms. The molecule has 0 bridgehead atoms. The fourth-order valence-corrected chi connectivity index (χ4v) is 3.26. The molecule has 1 fully saturated rings. The van der Waals surface area contributed by atoms with E-state index in [1.54, 1.807) is 24.4 Å². The van der Waals surface area contributed by atoms with Crippen LogP contribution in [0.1, 0.15) is 28.9 Å². The first kappa shape index (κ1) is 18.1. The molecule has 134 valence electrons. The summed E-state index contributed by atoms with van der Waals surface area (Å²) in [7, 11) is 0. The van der Waals surface area contributed by atoms with Crippen molar-refractivity contribution in [3.05, 3.63) is 46.3 Å². The van der Waals surface area contributed by atoms with E-state index >= 15 is 0 Å². The minimum absolute atomic E-state index is 0.197. The van der Waals surface area contributed by atoms with E-state index in [0.717, 1.165) is 36.2 Å². The number of halogens is 1. The number of piperidine rings is 1. The Labute approximate surface area is 159 Å². The SMILES string of the molecule is N#Cc1cc(Br)cnc1N1CCC(COc2ccnc(C(N)=O)c2)CC1. The lowest BCUT2D eigenvalue weighted by atomic mass is 9.97. The normalized spacial score (nSPS) is 14.7. The standard InChI is InChI=1S/C18H18BrN5O2/c19-14-7-13(9-20)18(23-10-14)24-5-2-12(3-6-24)11-26-15-1-4-22-16(8-15)17(21)25/h1,4,7-8,10,12H,2-3,5-6,11H2,(H2,21,25). The number of hydrogen-bond donors (Lipinski definition) is 1. The smallest absolute Gasteiger partial charge is 0.267 e. The van der Waals surface area contributed by atoms with E-state index in [1.165, 1.54) is 6.20 Å². The highest BCUT2D eigenvalue weighted by atomic mass is 79.9. The summed E-state index contributed by atoms with van der Waals surface area (Å²) in [4.78, 5) is 21.6. The molecule has 0 radical (unpaired) electrons. The highest BCUT2D eigenvalue weighted by Crippen LogP contribution is 2.26. The third-order valence-electron chi connectivity index (χ3n) is 4.34. The van der Waals surface area contributed by atoms with Gasteiger partial charge in [0.05, 0.1) is 12.2 Å². The molecule has 0 saturated carbocycles. The maximum Gasteiger partial charge on any atom is 0.267 e. The molecule has 0 spiro atoms. The molecule has 1 aliphatic rings. The summed E-state index contributed by atoms with van der Waals surface area (Å²) in [6.07, 6.45) is 5.11. The van der Waals surface area contributed by atoms with Crippen molar-refractivity contribution < 1.29 is 9.53 Å². The number of pyridine rings is 2. The van der Waals surface area contributed by atoms with Gasteiger partial charge in [-0.1, -0.05) is 0 Å². The van der Waals surface area contributed by atoms with Gasteiger partial charge in [-0.3, -0.25) is 9.78 Å². The van der Waals surface area contributed by atoms with Gasteiger partial charge in [0.2, 0.25) is 0 Å².